The number of likely N-dealkylation sites (N-methyl/N-ethyl adjacent to an activating group) is 1. The van der Waals surface area contributed by atoms with Crippen LogP contribution in [0, 0.1) is 0 Å². The molecule has 0 radical (unpaired) electrons. The minimum atomic E-state index is -3.75. The van der Waals surface area contributed by atoms with Crippen LogP contribution in [0.4, 0.5) is 0 Å². The summed E-state index contributed by atoms with van der Waals surface area (Å²) < 4.78 is 33.4. The van der Waals surface area contributed by atoms with Gasteiger partial charge in [0.1, 0.15) is 5.54 Å². The SMILES string of the molecule is CCc1ccc(C(=O)NC2(C(=O)N(CC)CC)CCCCC2)cc1S(=O)(=O)N1CCOCC1. The molecule has 1 saturated carbocycles. The highest BCUT2D eigenvalue weighted by molar-refractivity contribution is 7.89. The van der Waals surface area contributed by atoms with Crippen molar-refractivity contribution >= 4 is 21.8 Å². The van der Waals surface area contributed by atoms with Gasteiger partial charge in [-0.1, -0.05) is 32.3 Å². The number of amides is 2. The maximum atomic E-state index is 13.4. The van der Waals surface area contributed by atoms with Gasteiger partial charge in [0.2, 0.25) is 15.9 Å². The van der Waals surface area contributed by atoms with E-state index in [1.54, 1.807) is 17.0 Å². The molecule has 0 atom stereocenters. The second-order valence-corrected chi connectivity index (χ2v) is 10.7. The monoisotopic (exact) mass is 479 g/mol. The van der Waals surface area contributed by atoms with Crippen molar-refractivity contribution in [3.05, 3.63) is 29.3 Å². The van der Waals surface area contributed by atoms with E-state index in [1.165, 1.54) is 10.4 Å². The van der Waals surface area contributed by atoms with E-state index in [4.69, 9.17) is 4.74 Å². The van der Waals surface area contributed by atoms with Crippen LogP contribution in [0.3, 0.4) is 0 Å². The number of carbonyl (C=O) groups is 2. The molecule has 8 nitrogen and oxygen atoms in total. The molecule has 1 aliphatic heterocycles. The van der Waals surface area contributed by atoms with E-state index in [-0.39, 0.29) is 16.4 Å². The van der Waals surface area contributed by atoms with Crippen molar-refractivity contribution < 1.29 is 22.7 Å². The zero-order chi connectivity index (χ0) is 24.1. The van der Waals surface area contributed by atoms with Crippen LogP contribution in [0.1, 0.15) is 68.8 Å². The average Bonchev–Trinajstić information content (AvgIpc) is 2.85. The van der Waals surface area contributed by atoms with Gasteiger partial charge in [0.05, 0.1) is 18.1 Å². The Balaban J connectivity index is 1.93. The lowest BCUT2D eigenvalue weighted by Crippen LogP contribution is -2.60. The second-order valence-electron chi connectivity index (χ2n) is 8.77. The summed E-state index contributed by atoms with van der Waals surface area (Å²) in [6.45, 7) is 8.24. The smallest absolute Gasteiger partial charge is 0.252 e. The number of morpholine rings is 1. The highest BCUT2D eigenvalue weighted by atomic mass is 32.2. The van der Waals surface area contributed by atoms with Gasteiger partial charge in [-0.05, 0) is 50.8 Å². The number of nitrogens with zero attached hydrogens (tertiary/aromatic N) is 2. The predicted molar refractivity (Wildman–Crippen MR) is 127 cm³/mol. The Kier molecular flexibility index (Phi) is 8.53. The van der Waals surface area contributed by atoms with Gasteiger partial charge in [-0.15, -0.1) is 0 Å². The van der Waals surface area contributed by atoms with Crippen LogP contribution < -0.4 is 5.32 Å². The van der Waals surface area contributed by atoms with E-state index in [0.717, 1.165) is 19.3 Å². The first-order valence-corrected chi connectivity index (χ1v) is 13.6. The second kappa shape index (κ2) is 11.0. The fourth-order valence-corrected chi connectivity index (χ4v) is 6.53. The minimum Gasteiger partial charge on any atom is -0.379 e. The molecule has 184 valence electrons. The van der Waals surface area contributed by atoms with Crippen LogP contribution in [0.15, 0.2) is 23.1 Å². The molecule has 0 spiro atoms. The summed E-state index contributed by atoms with van der Waals surface area (Å²) in [6, 6.07) is 4.84. The molecule has 2 aliphatic rings. The zero-order valence-corrected chi connectivity index (χ0v) is 20.9. The Morgan fingerprint density at radius 1 is 1.06 bits per heavy atom. The lowest BCUT2D eigenvalue weighted by atomic mass is 9.80. The standard InChI is InChI=1S/C24H37N3O5S/c1-4-19-10-11-20(18-21(19)33(30,31)27-14-16-32-17-15-27)22(28)25-24(12-8-7-9-13-24)23(29)26(5-2)6-3/h10-11,18H,4-9,12-17H2,1-3H3,(H,25,28). The van der Waals surface area contributed by atoms with Crippen LogP contribution in [0.25, 0.3) is 0 Å². The molecule has 1 aliphatic carbocycles. The van der Waals surface area contributed by atoms with Crippen molar-refractivity contribution in [2.75, 3.05) is 39.4 Å². The molecule has 1 saturated heterocycles. The molecule has 1 aromatic rings. The van der Waals surface area contributed by atoms with Crippen molar-refractivity contribution in [3.8, 4) is 0 Å². The number of hydrogen-bond acceptors (Lipinski definition) is 5. The molecule has 2 amide bonds. The Labute approximate surface area is 197 Å². The summed E-state index contributed by atoms with van der Waals surface area (Å²) in [4.78, 5) is 28.7. The summed E-state index contributed by atoms with van der Waals surface area (Å²) in [7, 11) is -3.75. The number of nitrogens with one attached hydrogen (secondary N) is 1. The summed E-state index contributed by atoms with van der Waals surface area (Å²) in [5.41, 5.74) is -0.00503. The normalized spacial score (nSPS) is 19.1. The first kappa shape index (κ1) is 25.6. The quantitative estimate of drug-likeness (QED) is 0.618. The van der Waals surface area contributed by atoms with Gasteiger partial charge < -0.3 is 15.0 Å². The largest absolute Gasteiger partial charge is 0.379 e. The Morgan fingerprint density at radius 2 is 1.70 bits per heavy atom. The lowest BCUT2D eigenvalue weighted by Gasteiger charge is -2.40. The molecular formula is C24H37N3O5S. The van der Waals surface area contributed by atoms with E-state index < -0.39 is 21.5 Å². The van der Waals surface area contributed by atoms with E-state index in [9.17, 15) is 18.0 Å². The lowest BCUT2D eigenvalue weighted by molar-refractivity contribution is -0.139. The number of ether oxygens (including phenoxy) is 1. The third-order valence-electron chi connectivity index (χ3n) is 6.82. The Morgan fingerprint density at radius 3 is 2.27 bits per heavy atom. The minimum absolute atomic E-state index is 0.0492. The number of benzene rings is 1. The van der Waals surface area contributed by atoms with Crippen LogP contribution in [0.2, 0.25) is 0 Å². The maximum absolute atomic E-state index is 13.4. The van der Waals surface area contributed by atoms with Gasteiger partial charge in [-0.2, -0.15) is 4.31 Å². The third kappa shape index (κ3) is 5.41. The van der Waals surface area contributed by atoms with Crippen molar-refractivity contribution in [3.63, 3.8) is 0 Å². The third-order valence-corrected chi connectivity index (χ3v) is 8.80. The molecule has 9 heteroatoms. The van der Waals surface area contributed by atoms with Gasteiger partial charge in [-0.3, -0.25) is 9.59 Å². The fourth-order valence-electron chi connectivity index (χ4n) is 4.80. The number of aryl methyl sites for hydroxylation is 1. The van der Waals surface area contributed by atoms with Gasteiger partial charge in [-0.25, -0.2) is 8.42 Å². The molecule has 0 bridgehead atoms. The van der Waals surface area contributed by atoms with Crippen LogP contribution in [0.5, 0.6) is 0 Å². The van der Waals surface area contributed by atoms with Crippen LogP contribution >= 0.6 is 0 Å². The van der Waals surface area contributed by atoms with Crippen LogP contribution in [-0.4, -0.2) is 74.4 Å². The molecule has 2 fully saturated rings. The Hall–Kier alpha value is -1.97. The Bertz CT molecular complexity index is 947. The van der Waals surface area contributed by atoms with Gasteiger partial charge in [0, 0.05) is 31.7 Å². The molecule has 3 rings (SSSR count). The zero-order valence-electron chi connectivity index (χ0n) is 20.1. The highest BCUT2D eigenvalue weighted by Gasteiger charge is 2.43. The fraction of sp³-hybridized carbons (Fsp3) is 0.667. The van der Waals surface area contributed by atoms with E-state index >= 15 is 0 Å². The van der Waals surface area contributed by atoms with E-state index in [0.29, 0.717) is 64.2 Å². The van der Waals surface area contributed by atoms with Crippen molar-refractivity contribution in [1.82, 2.24) is 14.5 Å². The number of sulfonamides is 1. The molecular weight excluding hydrogens is 442 g/mol. The maximum Gasteiger partial charge on any atom is 0.252 e. The first-order valence-electron chi connectivity index (χ1n) is 12.1. The first-order chi connectivity index (χ1) is 15.8. The molecule has 1 N–H and O–H groups in total. The average molecular weight is 480 g/mol. The summed E-state index contributed by atoms with van der Waals surface area (Å²) in [5.74, 6) is -0.453. The van der Waals surface area contributed by atoms with E-state index in [2.05, 4.69) is 5.32 Å². The topological polar surface area (TPSA) is 96.0 Å². The molecule has 0 unspecified atom stereocenters. The van der Waals surface area contributed by atoms with Gasteiger partial charge in [0.15, 0.2) is 0 Å². The number of rotatable bonds is 8. The number of hydrogen-bond donors (Lipinski definition) is 1. The predicted octanol–water partition coefficient (Wildman–Crippen LogP) is 2.57. The molecule has 1 heterocycles. The van der Waals surface area contributed by atoms with Crippen molar-refractivity contribution in [2.45, 2.75) is 69.7 Å². The van der Waals surface area contributed by atoms with Gasteiger partial charge in [0.25, 0.3) is 5.91 Å². The van der Waals surface area contributed by atoms with E-state index in [1.807, 2.05) is 20.8 Å². The van der Waals surface area contributed by atoms with Crippen molar-refractivity contribution in [2.24, 2.45) is 0 Å². The van der Waals surface area contributed by atoms with Crippen molar-refractivity contribution in [1.29, 1.82) is 0 Å². The summed E-state index contributed by atoms with van der Waals surface area (Å²) >= 11 is 0. The molecule has 33 heavy (non-hydrogen) atoms. The molecule has 0 aromatic heterocycles. The van der Waals surface area contributed by atoms with Crippen LogP contribution in [-0.2, 0) is 26.0 Å². The summed E-state index contributed by atoms with van der Waals surface area (Å²) in [5, 5.41) is 3.03. The summed E-state index contributed by atoms with van der Waals surface area (Å²) in [6.07, 6.45) is 4.51. The van der Waals surface area contributed by atoms with Gasteiger partial charge >= 0.3 is 0 Å². The molecule has 1 aromatic carbocycles. The number of carbonyl (C=O) groups excluding carboxylic acids is 2. The highest BCUT2D eigenvalue weighted by Crippen LogP contribution is 2.31.